The molecule has 0 aliphatic carbocycles. The van der Waals surface area contributed by atoms with Crippen molar-refractivity contribution in [3.05, 3.63) is 74.8 Å². The number of nitro groups is 1. The zero-order chi connectivity index (χ0) is 16.8. The molecule has 8 heteroatoms. The molecule has 2 aromatic rings. The lowest BCUT2D eigenvalue weighted by atomic mass is 10.1. The number of halogens is 1. The first-order valence-corrected chi connectivity index (χ1v) is 6.92. The van der Waals surface area contributed by atoms with Gasteiger partial charge in [0.2, 0.25) is 5.91 Å². The van der Waals surface area contributed by atoms with E-state index in [9.17, 15) is 19.7 Å². The second kappa shape index (κ2) is 7.37. The maximum absolute atomic E-state index is 11.8. The van der Waals surface area contributed by atoms with Crippen molar-refractivity contribution in [3.8, 4) is 0 Å². The Morgan fingerprint density at radius 1 is 1.04 bits per heavy atom. The number of hydrogen-bond acceptors (Lipinski definition) is 4. The molecule has 0 aliphatic heterocycles. The molecular formula is C15H12ClN3O4. The van der Waals surface area contributed by atoms with E-state index in [-0.39, 0.29) is 17.7 Å². The van der Waals surface area contributed by atoms with Gasteiger partial charge >= 0.3 is 0 Å². The standard InChI is InChI=1S/C15H12ClN3O4/c16-12-7-5-10(6-8-12)15(21)18-17-14(20)9-11-3-1-2-4-13(11)19(22)23/h1-8H,9H2,(H,17,20)(H,18,21). The smallest absolute Gasteiger partial charge is 0.273 e. The Morgan fingerprint density at radius 2 is 1.70 bits per heavy atom. The van der Waals surface area contributed by atoms with Gasteiger partial charge in [-0.1, -0.05) is 29.8 Å². The Hall–Kier alpha value is -2.93. The first kappa shape index (κ1) is 16.4. The van der Waals surface area contributed by atoms with Gasteiger partial charge in [-0.15, -0.1) is 0 Å². The lowest BCUT2D eigenvalue weighted by molar-refractivity contribution is -0.385. The summed E-state index contributed by atoms with van der Waals surface area (Å²) < 4.78 is 0. The average Bonchev–Trinajstić information content (AvgIpc) is 2.53. The molecule has 7 nitrogen and oxygen atoms in total. The molecule has 0 spiro atoms. The normalized spacial score (nSPS) is 9.96. The number of nitro benzene ring substituents is 1. The highest BCUT2D eigenvalue weighted by Gasteiger charge is 2.16. The van der Waals surface area contributed by atoms with Gasteiger partial charge in [-0.2, -0.15) is 0 Å². The maximum atomic E-state index is 11.8. The van der Waals surface area contributed by atoms with E-state index < -0.39 is 16.7 Å². The van der Waals surface area contributed by atoms with E-state index in [0.29, 0.717) is 10.6 Å². The number of hydrazine groups is 1. The lowest BCUT2D eigenvalue weighted by Gasteiger charge is -2.08. The highest BCUT2D eigenvalue weighted by molar-refractivity contribution is 6.30. The van der Waals surface area contributed by atoms with Crippen LogP contribution in [0.2, 0.25) is 5.02 Å². The molecule has 0 atom stereocenters. The van der Waals surface area contributed by atoms with Crippen LogP contribution in [-0.4, -0.2) is 16.7 Å². The third-order valence-corrected chi connectivity index (χ3v) is 3.21. The molecule has 0 aromatic heterocycles. The van der Waals surface area contributed by atoms with Crippen LogP contribution in [0.3, 0.4) is 0 Å². The van der Waals surface area contributed by atoms with E-state index >= 15 is 0 Å². The summed E-state index contributed by atoms with van der Waals surface area (Å²) in [6.45, 7) is 0. The first-order valence-electron chi connectivity index (χ1n) is 6.54. The van der Waals surface area contributed by atoms with Gasteiger partial charge in [0.1, 0.15) is 0 Å². The molecular weight excluding hydrogens is 322 g/mol. The minimum absolute atomic E-state index is 0.147. The monoisotopic (exact) mass is 333 g/mol. The van der Waals surface area contributed by atoms with Crippen LogP contribution >= 0.6 is 11.6 Å². The van der Waals surface area contributed by atoms with E-state index in [1.54, 1.807) is 18.2 Å². The highest BCUT2D eigenvalue weighted by Crippen LogP contribution is 2.17. The summed E-state index contributed by atoms with van der Waals surface area (Å²) in [7, 11) is 0. The minimum atomic E-state index is -0.568. The molecule has 2 N–H and O–H groups in total. The lowest BCUT2D eigenvalue weighted by Crippen LogP contribution is -2.42. The van der Waals surface area contributed by atoms with E-state index in [1.807, 2.05) is 0 Å². The number of nitrogens with zero attached hydrogens (tertiary/aromatic N) is 1. The summed E-state index contributed by atoms with van der Waals surface area (Å²) in [5.41, 5.74) is 4.88. The van der Waals surface area contributed by atoms with E-state index in [0.717, 1.165) is 0 Å². The molecule has 0 heterocycles. The maximum Gasteiger partial charge on any atom is 0.273 e. The molecule has 0 saturated heterocycles. The SMILES string of the molecule is O=C(Cc1ccccc1[N+](=O)[O-])NNC(=O)c1ccc(Cl)cc1. The molecule has 2 amide bonds. The molecule has 23 heavy (non-hydrogen) atoms. The number of amides is 2. The fourth-order valence-corrected chi connectivity index (χ4v) is 1.98. The fraction of sp³-hybridized carbons (Fsp3) is 0.0667. The van der Waals surface area contributed by atoms with Gasteiger partial charge in [0.25, 0.3) is 11.6 Å². The number of benzene rings is 2. The molecule has 0 fully saturated rings. The number of hydrogen-bond donors (Lipinski definition) is 2. The van der Waals surface area contributed by atoms with Crippen LogP contribution in [0.1, 0.15) is 15.9 Å². The van der Waals surface area contributed by atoms with Gasteiger partial charge in [0.15, 0.2) is 0 Å². The van der Waals surface area contributed by atoms with E-state index in [2.05, 4.69) is 10.9 Å². The Kier molecular flexibility index (Phi) is 5.27. The zero-order valence-corrected chi connectivity index (χ0v) is 12.5. The summed E-state index contributed by atoms with van der Waals surface area (Å²) in [4.78, 5) is 33.9. The summed E-state index contributed by atoms with van der Waals surface area (Å²) in [5, 5.41) is 11.4. The Bertz CT molecular complexity index is 747. The van der Waals surface area contributed by atoms with Crippen LogP contribution in [0.4, 0.5) is 5.69 Å². The van der Waals surface area contributed by atoms with Crippen molar-refractivity contribution in [2.45, 2.75) is 6.42 Å². The van der Waals surface area contributed by atoms with Crippen LogP contribution in [0.15, 0.2) is 48.5 Å². The molecule has 0 bridgehead atoms. The minimum Gasteiger partial charge on any atom is -0.273 e. The second-order valence-corrected chi connectivity index (χ2v) is 5.01. The summed E-state index contributed by atoms with van der Waals surface area (Å²) in [6, 6.07) is 12.0. The number of para-hydroxylation sites is 1. The number of rotatable bonds is 4. The van der Waals surface area contributed by atoms with Crippen molar-refractivity contribution in [2.75, 3.05) is 0 Å². The third kappa shape index (κ3) is 4.52. The molecule has 0 saturated carbocycles. The van der Waals surface area contributed by atoms with Crippen molar-refractivity contribution < 1.29 is 14.5 Å². The summed E-state index contributed by atoms with van der Waals surface area (Å²) in [6.07, 6.45) is -0.224. The third-order valence-electron chi connectivity index (χ3n) is 2.96. The zero-order valence-electron chi connectivity index (χ0n) is 11.8. The first-order chi connectivity index (χ1) is 11.0. The number of carbonyl (C=O) groups excluding carboxylic acids is 2. The molecule has 2 rings (SSSR count). The molecule has 2 aromatic carbocycles. The second-order valence-electron chi connectivity index (χ2n) is 4.57. The van der Waals surface area contributed by atoms with Gasteiger partial charge in [0, 0.05) is 22.2 Å². The van der Waals surface area contributed by atoms with Gasteiger partial charge < -0.3 is 0 Å². The van der Waals surface area contributed by atoms with Crippen molar-refractivity contribution in [1.82, 2.24) is 10.9 Å². The van der Waals surface area contributed by atoms with Gasteiger partial charge in [-0.05, 0) is 24.3 Å². The van der Waals surface area contributed by atoms with Crippen LogP contribution in [0.5, 0.6) is 0 Å². The molecule has 0 radical (unpaired) electrons. The van der Waals surface area contributed by atoms with Crippen molar-refractivity contribution >= 4 is 29.1 Å². The number of carbonyl (C=O) groups is 2. The van der Waals surface area contributed by atoms with Crippen LogP contribution in [0, 0.1) is 10.1 Å². The Labute approximate surface area is 136 Å². The average molecular weight is 334 g/mol. The predicted molar refractivity (Wildman–Crippen MR) is 83.9 cm³/mol. The molecule has 118 valence electrons. The van der Waals surface area contributed by atoms with Gasteiger partial charge in [-0.25, -0.2) is 0 Å². The largest absolute Gasteiger partial charge is 0.273 e. The predicted octanol–water partition coefficient (Wildman–Crippen LogP) is 2.25. The fourth-order valence-electron chi connectivity index (χ4n) is 1.86. The molecule has 0 unspecified atom stereocenters. The van der Waals surface area contributed by atoms with E-state index in [1.165, 1.54) is 30.3 Å². The summed E-state index contributed by atoms with van der Waals surface area (Å²) in [5.74, 6) is -1.08. The van der Waals surface area contributed by atoms with Crippen molar-refractivity contribution in [1.29, 1.82) is 0 Å². The van der Waals surface area contributed by atoms with Crippen LogP contribution < -0.4 is 10.9 Å². The summed E-state index contributed by atoms with van der Waals surface area (Å²) >= 11 is 5.72. The van der Waals surface area contributed by atoms with Crippen molar-refractivity contribution in [3.63, 3.8) is 0 Å². The Morgan fingerprint density at radius 3 is 2.35 bits per heavy atom. The van der Waals surface area contributed by atoms with Gasteiger partial charge in [-0.3, -0.25) is 30.6 Å². The molecule has 0 aliphatic rings. The van der Waals surface area contributed by atoms with Crippen LogP contribution in [-0.2, 0) is 11.2 Å². The Balaban J connectivity index is 1.94. The highest BCUT2D eigenvalue weighted by atomic mass is 35.5. The van der Waals surface area contributed by atoms with E-state index in [4.69, 9.17) is 11.6 Å². The van der Waals surface area contributed by atoms with Gasteiger partial charge in [0.05, 0.1) is 11.3 Å². The topological polar surface area (TPSA) is 101 Å². The number of nitrogens with one attached hydrogen (secondary N) is 2. The van der Waals surface area contributed by atoms with Crippen LogP contribution in [0.25, 0.3) is 0 Å². The van der Waals surface area contributed by atoms with Crippen molar-refractivity contribution in [2.24, 2.45) is 0 Å². The quantitative estimate of drug-likeness (QED) is 0.661.